The van der Waals surface area contributed by atoms with Crippen molar-refractivity contribution in [2.24, 2.45) is 0 Å². The minimum absolute atomic E-state index is 0.962. The highest BCUT2D eigenvalue weighted by atomic mass is 14.8. The minimum atomic E-state index is 0.962. The van der Waals surface area contributed by atoms with E-state index in [0.717, 1.165) is 12.8 Å². The smallest absolute Gasteiger partial charge is 0.00638 e. The van der Waals surface area contributed by atoms with Crippen molar-refractivity contribution in [1.29, 1.82) is 0 Å². The van der Waals surface area contributed by atoms with Crippen molar-refractivity contribution >= 4 is 0 Å². The Hall–Kier alpha value is -0.720. The molecule has 0 atom stereocenters. The topological polar surface area (TPSA) is 12.0 Å². The van der Waals surface area contributed by atoms with Gasteiger partial charge in [0.15, 0.2) is 0 Å². The third kappa shape index (κ3) is 9.28. The first-order valence-corrected chi connectivity index (χ1v) is 4.32. The van der Waals surface area contributed by atoms with E-state index in [9.17, 15) is 0 Å². The summed E-state index contributed by atoms with van der Waals surface area (Å²) in [6, 6.07) is 0. The Kier molecular flexibility index (Phi) is 14.1. The molecule has 0 radical (unpaired) electrons. The molecule has 0 aromatic carbocycles. The molecule has 0 saturated heterocycles. The molecule has 1 heteroatoms. The first kappa shape index (κ1) is 12.9. The van der Waals surface area contributed by atoms with E-state index in [4.69, 9.17) is 0 Å². The molecule has 0 unspecified atom stereocenters. The van der Waals surface area contributed by atoms with E-state index in [2.05, 4.69) is 24.9 Å². The first-order valence-electron chi connectivity index (χ1n) is 4.32. The Morgan fingerprint density at radius 2 is 2.00 bits per heavy atom. The molecule has 0 aliphatic heterocycles. The van der Waals surface area contributed by atoms with Crippen LogP contribution in [-0.2, 0) is 0 Å². The molecule has 66 valence electrons. The first-order chi connectivity index (χ1) is 5.35. The zero-order valence-corrected chi connectivity index (χ0v) is 8.28. The summed E-state index contributed by atoms with van der Waals surface area (Å²) in [5, 5.41) is 3.10. The fraction of sp³-hybridized carbons (Fsp3) is 0.600. The maximum atomic E-state index is 3.63. The molecule has 0 heterocycles. The molecular formula is C10H21N. The van der Waals surface area contributed by atoms with Crippen molar-refractivity contribution in [3.05, 3.63) is 24.4 Å². The molecular weight excluding hydrogens is 134 g/mol. The fourth-order valence-electron chi connectivity index (χ4n) is 0.649. The molecule has 0 spiro atoms. The second-order valence-electron chi connectivity index (χ2n) is 1.86. The van der Waals surface area contributed by atoms with Gasteiger partial charge in [-0.1, -0.05) is 32.9 Å². The van der Waals surface area contributed by atoms with Crippen molar-refractivity contribution in [2.45, 2.75) is 33.6 Å². The second-order valence-corrected chi connectivity index (χ2v) is 1.86. The highest BCUT2D eigenvalue weighted by Gasteiger charge is 1.83. The molecule has 0 aliphatic rings. The van der Waals surface area contributed by atoms with Crippen molar-refractivity contribution < 1.29 is 0 Å². The van der Waals surface area contributed by atoms with Crippen LogP contribution in [0.1, 0.15) is 33.6 Å². The number of rotatable bonds is 4. The van der Waals surface area contributed by atoms with Gasteiger partial charge in [0.1, 0.15) is 0 Å². The highest BCUT2D eigenvalue weighted by Crippen LogP contribution is 1.95. The maximum Gasteiger partial charge on any atom is 0.00638 e. The van der Waals surface area contributed by atoms with Gasteiger partial charge in [-0.05, 0) is 12.8 Å². The van der Waals surface area contributed by atoms with E-state index in [1.807, 2.05) is 27.0 Å². The van der Waals surface area contributed by atoms with Crippen LogP contribution in [0.3, 0.4) is 0 Å². The van der Waals surface area contributed by atoms with Gasteiger partial charge < -0.3 is 5.32 Å². The Bertz CT molecular complexity index is 97.4. The molecule has 1 N–H and O–H groups in total. The van der Waals surface area contributed by atoms with Crippen LogP contribution < -0.4 is 5.32 Å². The normalized spacial score (nSPS) is 9.64. The van der Waals surface area contributed by atoms with Gasteiger partial charge in [-0.15, -0.1) is 6.58 Å². The van der Waals surface area contributed by atoms with E-state index in [1.54, 1.807) is 0 Å². The average molecular weight is 155 g/mol. The van der Waals surface area contributed by atoms with Crippen LogP contribution in [0.5, 0.6) is 0 Å². The molecule has 0 aromatic rings. The summed E-state index contributed by atoms with van der Waals surface area (Å²) in [7, 11) is 1.94. The van der Waals surface area contributed by atoms with E-state index < -0.39 is 0 Å². The lowest BCUT2D eigenvalue weighted by molar-refractivity contribution is 0.890. The number of hydrogen-bond donors (Lipinski definition) is 1. The average Bonchev–Trinajstić information content (AvgIpc) is 2.10. The molecule has 0 aliphatic carbocycles. The van der Waals surface area contributed by atoms with Gasteiger partial charge in [-0.3, -0.25) is 0 Å². The van der Waals surface area contributed by atoms with E-state index >= 15 is 0 Å². The SMILES string of the molecule is C=CC/C=C(\CC)NC.CC. The highest BCUT2D eigenvalue weighted by molar-refractivity contribution is 5.00. The zero-order chi connectivity index (χ0) is 9.11. The summed E-state index contributed by atoms with van der Waals surface area (Å²) in [6.45, 7) is 9.76. The summed E-state index contributed by atoms with van der Waals surface area (Å²) >= 11 is 0. The van der Waals surface area contributed by atoms with Gasteiger partial charge in [0.05, 0.1) is 0 Å². The summed E-state index contributed by atoms with van der Waals surface area (Å²) in [4.78, 5) is 0. The van der Waals surface area contributed by atoms with Crippen molar-refractivity contribution in [1.82, 2.24) is 5.32 Å². The van der Waals surface area contributed by atoms with Crippen LogP contribution in [0.15, 0.2) is 24.4 Å². The van der Waals surface area contributed by atoms with Crippen LogP contribution in [0.2, 0.25) is 0 Å². The third-order valence-corrected chi connectivity index (χ3v) is 1.23. The molecule has 0 rings (SSSR count). The van der Waals surface area contributed by atoms with Gasteiger partial charge in [0, 0.05) is 12.7 Å². The molecule has 0 amide bonds. The molecule has 0 aromatic heterocycles. The number of hydrogen-bond acceptors (Lipinski definition) is 1. The Morgan fingerprint density at radius 1 is 1.45 bits per heavy atom. The Balaban J connectivity index is 0. The summed E-state index contributed by atoms with van der Waals surface area (Å²) < 4.78 is 0. The Labute approximate surface area is 71.2 Å². The second kappa shape index (κ2) is 12.0. The lowest BCUT2D eigenvalue weighted by Crippen LogP contribution is -2.03. The lowest BCUT2D eigenvalue weighted by Gasteiger charge is -2.00. The predicted octanol–water partition coefficient (Wildman–Crippen LogP) is 3.10. The number of allylic oxidation sites excluding steroid dienone is 3. The molecule has 0 bridgehead atoms. The van der Waals surface area contributed by atoms with Gasteiger partial charge >= 0.3 is 0 Å². The quantitative estimate of drug-likeness (QED) is 0.615. The van der Waals surface area contributed by atoms with Crippen LogP contribution in [0.25, 0.3) is 0 Å². The summed E-state index contributed by atoms with van der Waals surface area (Å²) in [5.41, 5.74) is 1.29. The fourth-order valence-corrected chi connectivity index (χ4v) is 0.649. The van der Waals surface area contributed by atoms with Crippen molar-refractivity contribution in [2.75, 3.05) is 7.05 Å². The van der Waals surface area contributed by atoms with Gasteiger partial charge in [-0.25, -0.2) is 0 Å². The van der Waals surface area contributed by atoms with E-state index in [-0.39, 0.29) is 0 Å². The van der Waals surface area contributed by atoms with E-state index in [1.165, 1.54) is 5.70 Å². The van der Waals surface area contributed by atoms with Crippen LogP contribution in [0.4, 0.5) is 0 Å². The molecule has 11 heavy (non-hydrogen) atoms. The Morgan fingerprint density at radius 3 is 2.27 bits per heavy atom. The van der Waals surface area contributed by atoms with Crippen molar-refractivity contribution in [3.63, 3.8) is 0 Å². The monoisotopic (exact) mass is 155 g/mol. The summed E-state index contributed by atoms with van der Waals surface area (Å²) in [5.74, 6) is 0. The standard InChI is InChI=1S/C8H15N.C2H6/c1-4-6-7-8(5-2)9-3;1-2/h4,7,9H,1,5-6H2,2-3H3;1-2H3/b8-7+;. The van der Waals surface area contributed by atoms with Crippen LogP contribution >= 0.6 is 0 Å². The minimum Gasteiger partial charge on any atom is -0.392 e. The third-order valence-electron chi connectivity index (χ3n) is 1.23. The predicted molar refractivity (Wildman–Crippen MR) is 53.6 cm³/mol. The molecule has 1 nitrogen and oxygen atoms in total. The number of nitrogens with one attached hydrogen (secondary N) is 1. The van der Waals surface area contributed by atoms with Crippen LogP contribution in [0, 0.1) is 0 Å². The van der Waals surface area contributed by atoms with Crippen molar-refractivity contribution in [3.8, 4) is 0 Å². The largest absolute Gasteiger partial charge is 0.392 e. The van der Waals surface area contributed by atoms with Crippen LogP contribution in [-0.4, -0.2) is 7.05 Å². The van der Waals surface area contributed by atoms with Gasteiger partial charge in [0.25, 0.3) is 0 Å². The maximum absolute atomic E-state index is 3.63. The molecule has 0 fully saturated rings. The lowest BCUT2D eigenvalue weighted by atomic mass is 10.3. The zero-order valence-electron chi connectivity index (χ0n) is 8.28. The van der Waals surface area contributed by atoms with E-state index in [0.29, 0.717) is 0 Å². The van der Waals surface area contributed by atoms with Gasteiger partial charge in [0.2, 0.25) is 0 Å². The molecule has 0 saturated carbocycles. The summed E-state index contributed by atoms with van der Waals surface area (Å²) in [6.07, 6.45) is 6.08. The van der Waals surface area contributed by atoms with Gasteiger partial charge in [-0.2, -0.15) is 0 Å².